The minimum atomic E-state index is -0.147. The number of carbonyl (C=O) groups excluding carboxylic acids is 1. The van der Waals surface area contributed by atoms with Gasteiger partial charge < -0.3 is 10.1 Å². The Kier molecular flexibility index (Phi) is 4.48. The predicted octanol–water partition coefficient (Wildman–Crippen LogP) is 4.26. The first-order chi connectivity index (χ1) is 10.6. The van der Waals surface area contributed by atoms with Crippen LogP contribution in [0.5, 0.6) is 5.75 Å². The van der Waals surface area contributed by atoms with Crippen molar-refractivity contribution in [2.24, 2.45) is 0 Å². The van der Waals surface area contributed by atoms with Crippen LogP contribution in [0.2, 0.25) is 0 Å². The molecule has 0 bridgehead atoms. The smallest absolute Gasteiger partial charge is 0.262 e. The van der Waals surface area contributed by atoms with Crippen molar-refractivity contribution >= 4 is 27.5 Å². The zero-order valence-corrected chi connectivity index (χ0v) is 14.1. The third-order valence-electron chi connectivity index (χ3n) is 3.90. The molecule has 0 aromatic heterocycles. The first-order valence-corrected chi connectivity index (χ1v) is 8.22. The lowest BCUT2D eigenvalue weighted by Crippen LogP contribution is -2.20. The maximum Gasteiger partial charge on any atom is 0.262 e. The van der Waals surface area contributed by atoms with Crippen LogP contribution in [0, 0.1) is 6.92 Å². The summed E-state index contributed by atoms with van der Waals surface area (Å²) in [5.74, 6) is 0.620. The van der Waals surface area contributed by atoms with Crippen molar-refractivity contribution in [1.29, 1.82) is 0 Å². The van der Waals surface area contributed by atoms with Gasteiger partial charge in [0.15, 0.2) is 6.61 Å². The Labute approximate surface area is 138 Å². The highest BCUT2D eigenvalue weighted by molar-refractivity contribution is 9.10. The fourth-order valence-electron chi connectivity index (χ4n) is 2.74. The van der Waals surface area contributed by atoms with E-state index >= 15 is 0 Å². The van der Waals surface area contributed by atoms with Crippen LogP contribution in [0.3, 0.4) is 0 Å². The van der Waals surface area contributed by atoms with Gasteiger partial charge in [-0.2, -0.15) is 0 Å². The van der Waals surface area contributed by atoms with Crippen LogP contribution in [0.4, 0.5) is 5.69 Å². The van der Waals surface area contributed by atoms with E-state index in [2.05, 4.69) is 33.4 Å². The lowest BCUT2D eigenvalue weighted by atomic mass is 10.1. The van der Waals surface area contributed by atoms with Crippen LogP contribution in [0.25, 0.3) is 0 Å². The molecule has 22 heavy (non-hydrogen) atoms. The highest BCUT2D eigenvalue weighted by atomic mass is 79.9. The SMILES string of the molecule is Cc1cc(Br)ccc1NC(=O)COc1ccc2c(c1)CCC2. The zero-order valence-electron chi connectivity index (χ0n) is 12.5. The van der Waals surface area contributed by atoms with Gasteiger partial charge in [0.2, 0.25) is 0 Å². The fraction of sp³-hybridized carbons (Fsp3) is 0.278. The number of carbonyl (C=O) groups is 1. The molecule has 0 saturated carbocycles. The van der Waals surface area contributed by atoms with Crippen molar-refractivity contribution in [3.8, 4) is 5.75 Å². The normalized spacial score (nSPS) is 12.8. The largest absolute Gasteiger partial charge is 0.484 e. The molecule has 0 fully saturated rings. The second-order valence-electron chi connectivity index (χ2n) is 5.58. The van der Waals surface area contributed by atoms with E-state index in [1.54, 1.807) is 0 Å². The van der Waals surface area contributed by atoms with Crippen LogP contribution < -0.4 is 10.1 Å². The van der Waals surface area contributed by atoms with Crippen molar-refractivity contribution in [2.75, 3.05) is 11.9 Å². The van der Waals surface area contributed by atoms with Crippen molar-refractivity contribution < 1.29 is 9.53 Å². The molecule has 3 rings (SSSR count). The van der Waals surface area contributed by atoms with E-state index in [4.69, 9.17) is 4.74 Å². The number of aryl methyl sites for hydroxylation is 3. The number of hydrogen-bond acceptors (Lipinski definition) is 2. The summed E-state index contributed by atoms with van der Waals surface area (Å²) >= 11 is 3.41. The predicted molar refractivity (Wildman–Crippen MR) is 91.5 cm³/mol. The molecule has 1 N–H and O–H groups in total. The van der Waals surface area contributed by atoms with E-state index < -0.39 is 0 Å². The Morgan fingerprint density at radius 2 is 2.00 bits per heavy atom. The zero-order chi connectivity index (χ0) is 15.5. The third kappa shape index (κ3) is 3.50. The summed E-state index contributed by atoms with van der Waals surface area (Å²) in [7, 11) is 0. The molecule has 1 amide bonds. The van der Waals surface area contributed by atoms with Crippen LogP contribution >= 0.6 is 15.9 Å². The summed E-state index contributed by atoms with van der Waals surface area (Å²) < 4.78 is 6.61. The number of nitrogens with one attached hydrogen (secondary N) is 1. The van der Waals surface area contributed by atoms with Gasteiger partial charge >= 0.3 is 0 Å². The maximum absolute atomic E-state index is 12.0. The van der Waals surface area contributed by atoms with E-state index in [1.165, 1.54) is 17.5 Å². The first kappa shape index (κ1) is 15.1. The number of amides is 1. The Bertz CT molecular complexity index is 712. The standard InChI is InChI=1S/C18H18BrNO2/c1-12-9-15(19)6-8-17(12)20-18(21)11-22-16-7-5-13-3-2-4-14(13)10-16/h5-10H,2-4,11H2,1H3,(H,20,21). The molecule has 2 aromatic rings. The van der Waals surface area contributed by atoms with Gasteiger partial charge in [-0.1, -0.05) is 22.0 Å². The second kappa shape index (κ2) is 6.53. The fourth-order valence-corrected chi connectivity index (χ4v) is 3.22. The van der Waals surface area contributed by atoms with Crippen molar-refractivity contribution in [2.45, 2.75) is 26.2 Å². The number of ether oxygens (including phenoxy) is 1. The highest BCUT2D eigenvalue weighted by Gasteiger charge is 2.12. The minimum absolute atomic E-state index is 0.0221. The summed E-state index contributed by atoms with van der Waals surface area (Å²) in [6, 6.07) is 11.9. The molecule has 1 aliphatic rings. The molecule has 4 heteroatoms. The lowest BCUT2D eigenvalue weighted by molar-refractivity contribution is -0.118. The Hall–Kier alpha value is -1.81. The van der Waals surface area contributed by atoms with Gasteiger partial charge in [0.1, 0.15) is 5.75 Å². The number of halogens is 1. The summed E-state index contributed by atoms with van der Waals surface area (Å²) in [6.45, 7) is 1.98. The average molecular weight is 360 g/mol. The van der Waals surface area contributed by atoms with Crippen molar-refractivity contribution in [3.05, 3.63) is 57.6 Å². The van der Waals surface area contributed by atoms with E-state index in [-0.39, 0.29) is 12.5 Å². The van der Waals surface area contributed by atoms with Gasteiger partial charge in [0, 0.05) is 10.2 Å². The average Bonchev–Trinajstić information content (AvgIpc) is 2.95. The van der Waals surface area contributed by atoms with Crippen LogP contribution in [0.1, 0.15) is 23.1 Å². The van der Waals surface area contributed by atoms with Gasteiger partial charge in [-0.25, -0.2) is 0 Å². The van der Waals surface area contributed by atoms with Crippen LogP contribution in [0.15, 0.2) is 40.9 Å². The minimum Gasteiger partial charge on any atom is -0.484 e. The van der Waals surface area contributed by atoms with Crippen molar-refractivity contribution in [1.82, 2.24) is 0 Å². The molecule has 0 aliphatic heterocycles. The summed E-state index contributed by atoms with van der Waals surface area (Å²) in [5.41, 5.74) is 4.58. The molecule has 0 radical (unpaired) electrons. The molecule has 1 aliphatic carbocycles. The first-order valence-electron chi connectivity index (χ1n) is 7.42. The number of anilines is 1. The molecular weight excluding hydrogens is 342 g/mol. The van der Waals surface area contributed by atoms with Gasteiger partial charge in [-0.3, -0.25) is 4.79 Å². The topological polar surface area (TPSA) is 38.3 Å². The number of fused-ring (bicyclic) bond motifs is 1. The summed E-state index contributed by atoms with van der Waals surface area (Å²) in [4.78, 5) is 12.0. The van der Waals surface area contributed by atoms with Crippen molar-refractivity contribution in [3.63, 3.8) is 0 Å². The van der Waals surface area contributed by atoms with Gasteiger partial charge in [-0.05, 0) is 73.2 Å². The van der Waals surface area contributed by atoms with Crippen LogP contribution in [-0.2, 0) is 17.6 Å². The molecule has 0 atom stereocenters. The molecule has 3 nitrogen and oxygen atoms in total. The van der Waals surface area contributed by atoms with E-state index in [9.17, 15) is 4.79 Å². The Morgan fingerprint density at radius 3 is 2.82 bits per heavy atom. The Morgan fingerprint density at radius 1 is 1.18 bits per heavy atom. The van der Waals surface area contributed by atoms with Crippen LogP contribution in [-0.4, -0.2) is 12.5 Å². The maximum atomic E-state index is 12.0. The van der Waals surface area contributed by atoms with E-state index in [1.807, 2.05) is 31.2 Å². The summed E-state index contributed by atoms with van der Waals surface area (Å²) in [6.07, 6.45) is 3.47. The number of benzene rings is 2. The van der Waals surface area contributed by atoms with E-state index in [0.717, 1.165) is 34.3 Å². The number of rotatable bonds is 4. The molecule has 0 unspecified atom stereocenters. The van der Waals surface area contributed by atoms with Gasteiger partial charge in [-0.15, -0.1) is 0 Å². The molecule has 2 aromatic carbocycles. The highest BCUT2D eigenvalue weighted by Crippen LogP contribution is 2.26. The van der Waals surface area contributed by atoms with E-state index in [0.29, 0.717) is 0 Å². The number of hydrogen-bond donors (Lipinski definition) is 1. The molecule has 114 valence electrons. The molecule has 0 heterocycles. The quantitative estimate of drug-likeness (QED) is 0.885. The lowest BCUT2D eigenvalue weighted by Gasteiger charge is -2.10. The second-order valence-corrected chi connectivity index (χ2v) is 6.50. The summed E-state index contributed by atoms with van der Waals surface area (Å²) in [5, 5.41) is 2.88. The molecular formula is C18H18BrNO2. The monoisotopic (exact) mass is 359 g/mol. The molecule has 0 spiro atoms. The van der Waals surface area contributed by atoms with Gasteiger partial charge in [0.25, 0.3) is 5.91 Å². The Balaban J connectivity index is 1.58. The van der Waals surface area contributed by atoms with Gasteiger partial charge in [0.05, 0.1) is 0 Å². The third-order valence-corrected chi connectivity index (χ3v) is 4.40. The molecule has 0 saturated heterocycles.